The molecule has 1 amide bonds. The number of phenolic OH excluding ortho intramolecular Hbond substituents is 1. The lowest BCUT2D eigenvalue weighted by Gasteiger charge is -2.21. The number of likely N-dealkylation sites (N-methyl/N-ethyl adjacent to an activating group) is 2. The van der Waals surface area contributed by atoms with Gasteiger partial charge in [0.05, 0.1) is 12.8 Å². The van der Waals surface area contributed by atoms with Gasteiger partial charge in [-0.3, -0.25) is 9.69 Å². The zero-order valence-electron chi connectivity index (χ0n) is 21.2. The van der Waals surface area contributed by atoms with Gasteiger partial charge in [-0.05, 0) is 54.3 Å². The van der Waals surface area contributed by atoms with Crippen molar-refractivity contribution in [3.05, 3.63) is 64.7 Å². The first-order valence-electron chi connectivity index (χ1n) is 11.6. The molecule has 2 aromatic rings. The number of nitrogens with zero attached hydrogens (tertiary/aromatic N) is 3. The van der Waals surface area contributed by atoms with Gasteiger partial charge in [0.1, 0.15) is 5.75 Å². The molecule has 0 aromatic heterocycles. The maximum absolute atomic E-state index is 12.2. The number of hydrogen-bond donors (Lipinski definition) is 2. The summed E-state index contributed by atoms with van der Waals surface area (Å²) >= 11 is 0. The van der Waals surface area contributed by atoms with E-state index in [4.69, 9.17) is 0 Å². The molecule has 0 heterocycles. The van der Waals surface area contributed by atoms with E-state index in [-0.39, 0.29) is 23.6 Å². The van der Waals surface area contributed by atoms with Gasteiger partial charge in [0.15, 0.2) is 0 Å². The second-order valence-corrected chi connectivity index (χ2v) is 10.2. The molecule has 0 atom stereocenters. The third-order valence-corrected chi connectivity index (χ3v) is 5.66. The zero-order chi connectivity index (χ0) is 24.6. The Labute approximate surface area is 199 Å². The van der Waals surface area contributed by atoms with E-state index in [9.17, 15) is 9.90 Å². The second-order valence-electron chi connectivity index (χ2n) is 10.2. The molecule has 0 unspecified atom stereocenters. The molecule has 0 aliphatic heterocycles. The van der Waals surface area contributed by atoms with Crippen LogP contribution in [0, 0.1) is 0 Å². The molecule has 180 valence electrons. The van der Waals surface area contributed by atoms with Gasteiger partial charge in [-0.2, -0.15) is 5.10 Å². The number of amides is 1. The molecule has 0 aliphatic rings. The van der Waals surface area contributed by atoms with Crippen LogP contribution >= 0.6 is 0 Å². The molecule has 6 heteroatoms. The molecule has 0 saturated carbocycles. The first-order chi connectivity index (χ1) is 15.5. The molecule has 0 aliphatic carbocycles. The first-order valence-corrected chi connectivity index (χ1v) is 11.6. The molecule has 0 bridgehead atoms. The van der Waals surface area contributed by atoms with Crippen molar-refractivity contribution in [1.82, 2.24) is 15.2 Å². The second kappa shape index (κ2) is 12.0. The predicted octanol–water partition coefficient (Wildman–Crippen LogP) is 4.33. The summed E-state index contributed by atoms with van der Waals surface area (Å²) in [6.07, 6.45) is 1.49. The van der Waals surface area contributed by atoms with E-state index in [0.717, 1.165) is 25.2 Å². The highest BCUT2D eigenvalue weighted by atomic mass is 16.3. The maximum Gasteiger partial charge on any atom is 0.254 e. The number of benzene rings is 2. The molecule has 0 radical (unpaired) electrons. The molecule has 0 spiro atoms. The van der Waals surface area contributed by atoms with E-state index in [1.54, 1.807) is 6.07 Å². The van der Waals surface area contributed by atoms with Crippen molar-refractivity contribution in [3.63, 3.8) is 0 Å². The number of hydrogen-bond acceptors (Lipinski definition) is 5. The fourth-order valence-electron chi connectivity index (χ4n) is 3.40. The smallest absolute Gasteiger partial charge is 0.254 e. The lowest BCUT2D eigenvalue weighted by atomic mass is 9.86. The van der Waals surface area contributed by atoms with E-state index < -0.39 is 0 Å². The topological polar surface area (TPSA) is 68.2 Å². The molecule has 0 saturated heterocycles. The van der Waals surface area contributed by atoms with Crippen molar-refractivity contribution >= 4 is 12.1 Å². The van der Waals surface area contributed by atoms with Gasteiger partial charge in [0.25, 0.3) is 5.91 Å². The Balaban J connectivity index is 1.77. The van der Waals surface area contributed by atoms with Crippen LogP contribution in [0.5, 0.6) is 5.75 Å². The van der Waals surface area contributed by atoms with E-state index in [2.05, 4.69) is 81.4 Å². The fourth-order valence-corrected chi connectivity index (χ4v) is 3.40. The average molecular weight is 453 g/mol. The Bertz CT molecular complexity index is 930. The highest BCUT2D eigenvalue weighted by Gasteiger charge is 2.15. The van der Waals surface area contributed by atoms with E-state index in [1.807, 2.05) is 24.1 Å². The summed E-state index contributed by atoms with van der Waals surface area (Å²) in [5.41, 5.74) is 6.83. The van der Waals surface area contributed by atoms with Gasteiger partial charge in [-0.25, -0.2) is 5.43 Å². The normalized spacial score (nSPS) is 12.3. The summed E-state index contributed by atoms with van der Waals surface area (Å²) in [6.45, 7) is 13.5. The Hall–Kier alpha value is -2.70. The fraction of sp³-hybridized carbons (Fsp3) is 0.481. The molecular formula is C27H40N4O2. The van der Waals surface area contributed by atoms with E-state index in [0.29, 0.717) is 11.5 Å². The Morgan fingerprint density at radius 2 is 1.70 bits per heavy atom. The Morgan fingerprint density at radius 3 is 2.30 bits per heavy atom. The van der Waals surface area contributed by atoms with Gasteiger partial charge in [-0.15, -0.1) is 0 Å². The quantitative estimate of drug-likeness (QED) is 0.416. The molecule has 0 fully saturated rings. The third kappa shape index (κ3) is 8.98. The molecule has 6 nitrogen and oxygen atoms in total. The molecule has 33 heavy (non-hydrogen) atoms. The van der Waals surface area contributed by atoms with Crippen molar-refractivity contribution in [2.24, 2.45) is 5.10 Å². The number of aromatic hydroxyl groups is 1. The molecule has 2 aromatic carbocycles. The highest BCUT2D eigenvalue weighted by molar-refractivity contribution is 5.85. The van der Waals surface area contributed by atoms with Crippen LogP contribution in [-0.4, -0.2) is 60.8 Å². The number of carbonyl (C=O) groups excluding carboxylic acids is 1. The number of nitrogens with one attached hydrogen (secondary N) is 1. The standard InChI is InChI=1S/C27H40N4O2/c1-20(2)22-10-8-21(9-11-22)18-30(6)14-15-31(7)19-26(33)29-28-17-23-16-24(27(3,4)5)12-13-25(23)32/h8-13,16-17,20,32H,14-15,18-19H2,1-7H3,(H,29,33)/b28-17+. The lowest BCUT2D eigenvalue weighted by molar-refractivity contribution is -0.121. The molecule has 2 N–H and O–H groups in total. The molecule has 2 rings (SSSR count). The summed E-state index contributed by atoms with van der Waals surface area (Å²) in [5.74, 6) is 0.493. The summed E-state index contributed by atoms with van der Waals surface area (Å²) in [4.78, 5) is 16.5. The number of carbonyl (C=O) groups is 1. The van der Waals surface area contributed by atoms with Crippen molar-refractivity contribution in [2.45, 2.75) is 52.5 Å². The summed E-state index contributed by atoms with van der Waals surface area (Å²) < 4.78 is 0. The minimum atomic E-state index is -0.188. The molecular weight excluding hydrogens is 412 g/mol. The predicted molar refractivity (Wildman–Crippen MR) is 137 cm³/mol. The minimum Gasteiger partial charge on any atom is -0.507 e. The Kier molecular flexibility index (Phi) is 9.62. The summed E-state index contributed by atoms with van der Waals surface area (Å²) in [7, 11) is 4.01. The average Bonchev–Trinajstić information content (AvgIpc) is 2.73. The van der Waals surface area contributed by atoms with Crippen molar-refractivity contribution < 1.29 is 9.90 Å². The highest BCUT2D eigenvalue weighted by Crippen LogP contribution is 2.26. The van der Waals surface area contributed by atoms with Crippen LogP contribution in [0.2, 0.25) is 0 Å². The van der Waals surface area contributed by atoms with Crippen molar-refractivity contribution in [3.8, 4) is 5.75 Å². The minimum absolute atomic E-state index is 0.0348. The number of hydrazone groups is 1. The monoisotopic (exact) mass is 452 g/mol. The lowest BCUT2D eigenvalue weighted by Crippen LogP contribution is -2.37. The van der Waals surface area contributed by atoms with E-state index in [1.165, 1.54) is 17.3 Å². The van der Waals surface area contributed by atoms with Crippen LogP contribution in [0.1, 0.15) is 62.8 Å². The number of phenols is 1. The Morgan fingerprint density at radius 1 is 1.06 bits per heavy atom. The van der Waals surface area contributed by atoms with Gasteiger partial charge in [-0.1, -0.05) is 65.0 Å². The van der Waals surface area contributed by atoms with Crippen LogP contribution in [0.15, 0.2) is 47.6 Å². The van der Waals surface area contributed by atoms with Crippen LogP contribution in [0.25, 0.3) is 0 Å². The number of rotatable bonds is 10. The maximum atomic E-state index is 12.2. The van der Waals surface area contributed by atoms with Gasteiger partial charge >= 0.3 is 0 Å². The largest absolute Gasteiger partial charge is 0.507 e. The summed E-state index contributed by atoms with van der Waals surface area (Å²) in [5, 5.41) is 14.1. The zero-order valence-corrected chi connectivity index (χ0v) is 21.2. The first kappa shape index (κ1) is 26.6. The van der Waals surface area contributed by atoms with E-state index >= 15 is 0 Å². The summed E-state index contributed by atoms with van der Waals surface area (Å²) in [6, 6.07) is 14.2. The van der Waals surface area contributed by atoms with Crippen LogP contribution in [0.4, 0.5) is 0 Å². The SMILES string of the molecule is CC(C)c1ccc(CN(C)CCN(C)CC(=O)N/N=C/c2cc(C(C)(C)C)ccc2O)cc1. The van der Waals surface area contributed by atoms with Crippen LogP contribution < -0.4 is 5.43 Å². The van der Waals surface area contributed by atoms with Crippen LogP contribution in [0.3, 0.4) is 0 Å². The van der Waals surface area contributed by atoms with Crippen molar-refractivity contribution in [2.75, 3.05) is 33.7 Å². The van der Waals surface area contributed by atoms with Gasteiger partial charge in [0.2, 0.25) is 0 Å². The van der Waals surface area contributed by atoms with Crippen LogP contribution in [-0.2, 0) is 16.8 Å². The van der Waals surface area contributed by atoms with Crippen molar-refractivity contribution in [1.29, 1.82) is 0 Å². The van der Waals surface area contributed by atoms with Gasteiger partial charge in [0, 0.05) is 25.2 Å². The third-order valence-electron chi connectivity index (χ3n) is 5.66. The van der Waals surface area contributed by atoms with Gasteiger partial charge < -0.3 is 10.0 Å².